The highest BCUT2D eigenvalue weighted by molar-refractivity contribution is 9.09. The number of hydrogen-bond acceptors (Lipinski definition) is 1. The molecule has 0 radical (unpaired) electrons. The van der Waals surface area contributed by atoms with Gasteiger partial charge in [-0.25, -0.2) is 0 Å². The maximum atomic E-state index is 5.51. The number of hydrogen-bond donors (Lipinski definition) is 0. The van der Waals surface area contributed by atoms with Crippen molar-refractivity contribution in [3.8, 4) is 0 Å². The molecular formula is C11H21BrO. The summed E-state index contributed by atoms with van der Waals surface area (Å²) in [5.41, 5.74) is 0. The monoisotopic (exact) mass is 248 g/mol. The fourth-order valence-electron chi connectivity index (χ4n) is 1.97. The predicted octanol–water partition coefficient (Wildman–Crippen LogP) is 3.76. The van der Waals surface area contributed by atoms with Crippen molar-refractivity contribution in [1.29, 1.82) is 0 Å². The molecule has 1 saturated carbocycles. The molecule has 0 amide bonds. The highest BCUT2D eigenvalue weighted by Gasteiger charge is 2.21. The molecule has 0 aromatic heterocycles. The van der Waals surface area contributed by atoms with Crippen LogP contribution in [0.3, 0.4) is 0 Å². The molecule has 1 aliphatic carbocycles. The maximum Gasteiger partial charge on any atom is 0.0469 e. The second-order valence-electron chi connectivity index (χ2n) is 3.96. The quantitative estimate of drug-likeness (QED) is 0.532. The van der Waals surface area contributed by atoms with Crippen LogP contribution >= 0.6 is 15.9 Å². The van der Waals surface area contributed by atoms with Gasteiger partial charge in [0.2, 0.25) is 0 Å². The summed E-state index contributed by atoms with van der Waals surface area (Å²) < 4.78 is 5.51. The van der Waals surface area contributed by atoms with Gasteiger partial charge in [0, 0.05) is 18.0 Å². The molecular weight excluding hydrogens is 228 g/mol. The third-order valence-electron chi connectivity index (χ3n) is 2.80. The lowest BCUT2D eigenvalue weighted by atomic mass is 9.87. The number of rotatable bonds is 5. The fraction of sp³-hybridized carbons (Fsp3) is 1.00. The van der Waals surface area contributed by atoms with Crippen molar-refractivity contribution in [1.82, 2.24) is 0 Å². The lowest BCUT2D eigenvalue weighted by Crippen LogP contribution is -2.20. The Morgan fingerprint density at radius 1 is 1.23 bits per heavy atom. The molecule has 0 aromatic rings. The topological polar surface area (TPSA) is 9.23 Å². The van der Waals surface area contributed by atoms with E-state index in [1.807, 2.05) is 0 Å². The summed E-state index contributed by atoms with van der Waals surface area (Å²) in [4.78, 5) is 0.756. The normalized spacial score (nSPS) is 29.1. The van der Waals surface area contributed by atoms with E-state index in [4.69, 9.17) is 4.74 Å². The van der Waals surface area contributed by atoms with Crippen molar-refractivity contribution in [3.63, 3.8) is 0 Å². The minimum absolute atomic E-state index is 0.756. The van der Waals surface area contributed by atoms with E-state index < -0.39 is 0 Å². The van der Waals surface area contributed by atoms with E-state index in [1.54, 1.807) is 0 Å². The molecule has 2 unspecified atom stereocenters. The lowest BCUT2D eigenvalue weighted by Gasteiger charge is -2.27. The van der Waals surface area contributed by atoms with Gasteiger partial charge in [-0.05, 0) is 31.6 Å². The Kier molecular flexibility index (Phi) is 6.05. The smallest absolute Gasteiger partial charge is 0.0469 e. The minimum Gasteiger partial charge on any atom is -0.381 e. The molecule has 1 rings (SSSR count). The van der Waals surface area contributed by atoms with E-state index in [-0.39, 0.29) is 0 Å². The summed E-state index contributed by atoms with van der Waals surface area (Å²) in [5, 5.41) is 0. The zero-order valence-corrected chi connectivity index (χ0v) is 10.2. The van der Waals surface area contributed by atoms with Crippen LogP contribution in [0.2, 0.25) is 0 Å². The van der Waals surface area contributed by atoms with Gasteiger partial charge in [0.1, 0.15) is 0 Å². The van der Waals surface area contributed by atoms with Crippen LogP contribution in [0.1, 0.15) is 45.4 Å². The number of alkyl halides is 1. The van der Waals surface area contributed by atoms with Crippen molar-refractivity contribution in [3.05, 3.63) is 0 Å². The van der Waals surface area contributed by atoms with Crippen molar-refractivity contribution in [2.75, 3.05) is 13.2 Å². The first-order chi connectivity index (χ1) is 6.34. The van der Waals surface area contributed by atoms with Crippen LogP contribution < -0.4 is 0 Å². The van der Waals surface area contributed by atoms with Gasteiger partial charge in [-0.1, -0.05) is 35.7 Å². The second-order valence-corrected chi connectivity index (χ2v) is 5.14. The van der Waals surface area contributed by atoms with Crippen LogP contribution in [0, 0.1) is 5.92 Å². The van der Waals surface area contributed by atoms with Crippen LogP contribution in [0.15, 0.2) is 0 Å². The Labute approximate surface area is 90.4 Å². The molecule has 0 aromatic carbocycles. The first-order valence-electron chi connectivity index (χ1n) is 5.56. The second kappa shape index (κ2) is 6.83. The molecule has 2 atom stereocenters. The van der Waals surface area contributed by atoms with Gasteiger partial charge >= 0.3 is 0 Å². The molecule has 0 heterocycles. The molecule has 0 N–H and O–H groups in total. The van der Waals surface area contributed by atoms with Gasteiger partial charge in [0.05, 0.1) is 0 Å². The maximum absolute atomic E-state index is 5.51. The molecule has 2 heteroatoms. The molecule has 13 heavy (non-hydrogen) atoms. The van der Waals surface area contributed by atoms with E-state index >= 15 is 0 Å². The highest BCUT2D eigenvalue weighted by atomic mass is 79.9. The van der Waals surface area contributed by atoms with Crippen molar-refractivity contribution in [2.24, 2.45) is 5.92 Å². The van der Waals surface area contributed by atoms with Gasteiger partial charge in [-0.2, -0.15) is 0 Å². The molecule has 78 valence electrons. The summed E-state index contributed by atoms with van der Waals surface area (Å²) >= 11 is 3.77. The van der Waals surface area contributed by atoms with Crippen molar-refractivity contribution < 1.29 is 4.74 Å². The summed E-state index contributed by atoms with van der Waals surface area (Å²) in [6.07, 6.45) is 7.96. The molecule has 0 saturated heterocycles. The highest BCUT2D eigenvalue weighted by Crippen LogP contribution is 2.31. The largest absolute Gasteiger partial charge is 0.381 e. The van der Waals surface area contributed by atoms with E-state index in [0.29, 0.717) is 0 Å². The Morgan fingerprint density at radius 2 is 2.00 bits per heavy atom. The van der Waals surface area contributed by atoms with E-state index in [1.165, 1.54) is 32.1 Å². The van der Waals surface area contributed by atoms with Gasteiger partial charge < -0.3 is 4.74 Å². The summed E-state index contributed by atoms with van der Waals surface area (Å²) in [6, 6.07) is 0. The molecule has 1 nitrogen and oxygen atoms in total. The third kappa shape index (κ3) is 4.46. The van der Waals surface area contributed by atoms with Crippen LogP contribution in [0.25, 0.3) is 0 Å². The van der Waals surface area contributed by atoms with Crippen molar-refractivity contribution in [2.45, 2.75) is 50.3 Å². The average Bonchev–Trinajstić information content (AvgIpc) is 2.15. The first kappa shape index (κ1) is 11.5. The zero-order chi connectivity index (χ0) is 9.52. The van der Waals surface area contributed by atoms with Crippen molar-refractivity contribution >= 4 is 15.9 Å². The summed E-state index contributed by atoms with van der Waals surface area (Å²) in [5.74, 6) is 0.866. The average molecular weight is 249 g/mol. The van der Waals surface area contributed by atoms with Gasteiger partial charge in [0.15, 0.2) is 0 Å². The zero-order valence-electron chi connectivity index (χ0n) is 8.60. The summed E-state index contributed by atoms with van der Waals surface area (Å²) in [6.45, 7) is 4.05. The van der Waals surface area contributed by atoms with E-state index in [9.17, 15) is 0 Å². The SMILES string of the molecule is CCCOCCC1CCCCC1Br. The van der Waals surface area contributed by atoms with Crippen LogP contribution in [0.5, 0.6) is 0 Å². The Balaban J connectivity index is 2.05. The van der Waals surface area contributed by atoms with Crippen LogP contribution in [-0.2, 0) is 4.74 Å². The third-order valence-corrected chi connectivity index (χ3v) is 4.00. The Bertz CT molecular complexity index is 127. The Morgan fingerprint density at radius 3 is 2.69 bits per heavy atom. The molecule has 1 aliphatic rings. The minimum atomic E-state index is 0.756. The molecule has 0 bridgehead atoms. The van der Waals surface area contributed by atoms with Crippen LogP contribution in [-0.4, -0.2) is 18.0 Å². The standard InChI is InChI=1S/C11H21BrO/c1-2-8-13-9-7-10-5-3-4-6-11(10)12/h10-11H,2-9H2,1H3. The fourth-order valence-corrected chi connectivity index (χ4v) is 2.82. The van der Waals surface area contributed by atoms with Gasteiger partial charge in [-0.3, -0.25) is 0 Å². The Hall–Kier alpha value is 0.440. The lowest BCUT2D eigenvalue weighted by molar-refractivity contribution is 0.116. The summed E-state index contributed by atoms with van der Waals surface area (Å²) in [7, 11) is 0. The van der Waals surface area contributed by atoms with Crippen LogP contribution in [0.4, 0.5) is 0 Å². The van der Waals surface area contributed by atoms with Gasteiger partial charge in [-0.15, -0.1) is 0 Å². The van der Waals surface area contributed by atoms with E-state index in [0.717, 1.165) is 30.4 Å². The first-order valence-corrected chi connectivity index (χ1v) is 6.48. The number of ether oxygens (including phenoxy) is 1. The molecule has 1 fully saturated rings. The number of halogens is 1. The van der Waals surface area contributed by atoms with E-state index in [2.05, 4.69) is 22.9 Å². The van der Waals surface area contributed by atoms with Gasteiger partial charge in [0.25, 0.3) is 0 Å². The molecule has 0 spiro atoms. The molecule has 0 aliphatic heterocycles. The predicted molar refractivity (Wildman–Crippen MR) is 60.4 cm³/mol.